The Morgan fingerprint density at radius 3 is 2.94 bits per heavy atom. The maximum Gasteiger partial charge on any atom is 0.188 e. The Kier molecular flexibility index (Phi) is 4.06. The van der Waals surface area contributed by atoms with Crippen LogP contribution in [0.3, 0.4) is 0 Å². The number of nitrogens with zero attached hydrogens (tertiary/aromatic N) is 5. The van der Waals surface area contributed by atoms with Gasteiger partial charge < -0.3 is 5.32 Å². The summed E-state index contributed by atoms with van der Waals surface area (Å²) in [5, 5.41) is 15.6. The Labute approximate surface area is 102 Å². The number of likely N-dealkylation sites (N-methyl/N-ethyl adjacent to an activating group) is 1. The lowest BCUT2D eigenvalue weighted by Crippen LogP contribution is -2.49. The molecule has 0 bridgehead atoms. The summed E-state index contributed by atoms with van der Waals surface area (Å²) in [4.78, 5) is 4.00. The summed E-state index contributed by atoms with van der Waals surface area (Å²) >= 11 is 0. The monoisotopic (exact) mass is 238 g/mol. The zero-order valence-corrected chi connectivity index (χ0v) is 10.9. The maximum absolute atomic E-state index is 4.26. The number of piperidine rings is 1. The van der Waals surface area contributed by atoms with Gasteiger partial charge in [-0.25, -0.2) is 0 Å². The third kappa shape index (κ3) is 3.01. The van der Waals surface area contributed by atoms with Gasteiger partial charge in [-0.05, 0) is 38.6 Å². The quantitative estimate of drug-likeness (QED) is 0.810. The first-order valence-corrected chi connectivity index (χ1v) is 6.35. The van der Waals surface area contributed by atoms with E-state index in [1.165, 1.54) is 24.1 Å². The molecule has 0 aromatic carbocycles. The second-order valence-corrected chi connectivity index (χ2v) is 4.81. The van der Waals surface area contributed by atoms with Crippen molar-refractivity contribution in [3.8, 4) is 0 Å². The maximum atomic E-state index is 4.26. The van der Waals surface area contributed by atoms with E-state index in [2.05, 4.69) is 32.6 Å². The smallest absolute Gasteiger partial charge is 0.188 e. The van der Waals surface area contributed by atoms with E-state index >= 15 is 0 Å². The van der Waals surface area contributed by atoms with E-state index < -0.39 is 0 Å². The highest BCUT2D eigenvalue weighted by Gasteiger charge is 2.27. The number of aromatic nitrogens is 4. The Morgan fingerprint density at radius 2 is 2.29 bits per heavy atom. The lowest BCUT2D eigenvalue weighted by molar-refractivity contribution is 0.111. The predicted octanol–water partition coefficient (Wildman–Crippen LogP) is 0.172. The van der Waals surface area contributed by atoms with Crippen molar-refractivity contribution in [3.05, 3.63) is 5.82 Å². The van der Waals surface area contributed by atoms with Gasteiger partial charge in [0, 0.05) is 12.1 Å². The third-order valence-electron chi connectivity index (χ3n) is 3.59. The molecule has 1 fully saturated rings. The van der Waals surface area contributed by atoms with Gasteiger partial charge in [0.15, 0.2) is 5.82 Å². The minimum atomic E-state index is 0.506. The average molecular weight is 238 g/mol. The molecule has 2 unspecified atom stereocenters. The minimum Gasteiger partial charge on any atom is -0.316 e. The molecule has 17 heavy (non-hydrogen) atoms. The Morgan fingerprint density at radius 1 is 1.47 bits per heavy atom. The molecular formula is C11H22N6. The van der Waals surface area contributed by atoms with Crippen LogP contribution in [0.15, 0.2) is 0 Å². The summed E-state index contributed by atoms with van der Waals surface area (Å²) in [5.41, 5.74) is 0. The predicted molar refractivity (Wildman–Crippen MR) is 65.4 cm³/mol. The van der Waals surface area contributed by atoms with Crippen molar-refractivity contribution in [3.63, 3.8) is 0 Å². The highest BCUT2D eigenvalue weighted by Crippen LogP contribution is 2.20. The summed E-state index contributed by atoms with van der Waals surface area (Å²) in [5.74, 6) is 0.822. The van der Waals surface area contributed by atoms with Crippen LogP contribution in [0.1, 0.15) is 32.0 Å². The Balaban J connectivity index is 2.01. The van der Waals surface area contributed by atoms with Crippen LogP contribution in [0.4, 0.5) is 0 Å². The van der Waals surface area contributed by atoms with Gasteiger partial charge in [0.2, 0.25) is 0 Å². The van der Waals surface area contributed by atoms with Crippen LogP contribution in [-0.2, 0) is 13.6 Å². The minimum absolute atomic E-state index is 0.506. The number of hydrogen-bond donors (Lipinski definition) is 1. The van der Waals surface area contributed by atoms with Crippen molar-refractivity contribution in [1.29, 1.82) is 0 Å². The molecule has 0 aliphatic carbocycles. The number of likely N-dealkylation sites (tertiary alicyclic amines) is 1. The lowest BCUT2D eigenvalue weighted by Gasteiger charge is -2.38. The fourth-order valence-electron chi connectivity index (χ4n) is 2.54. The van der Waals surface area contributed by atoms with Gasteiger partial charge in [-0.15, -0.1) is 10.2 Å². The average Bonchev–Trinajstić information content (AvgIpc) is 2.74. The van der Waals surface area contributed by atoms with Gasteiger partial charge in [-0.3, -0.25) is 4.90 Å². The molecule has 1 aliphatic heterocycles. The molecule has 1 aromatic heterocycles. The van der Waals surface area contributed by atoms with Crippen molar-refractivity contribution in [2.45, 2.75) is 44.8 Å². The van der Waals surface area contributed by atoms with Crippen LogP contribution in [-0.4, -0.2) is 50.8 Å². The molecule has 1 N–H and O–H groups in total. The van der Waals surface area contributed by atoms with Crippen molar-refractivity contribution in [2.75, 3.05) is 13.6 Å². The number of hydrogen-bond acceptors (Lipinski definition) is 5. The standard InChI is InChI=1S/C11H22N6/c1-9(12-2)10-6-4-5-7-17(10)8-11-13-15-16(3)14-11/h9-10,12H,4-8H2,1-3H3. The van der Waals surface area contributed by atoms with E-state index in [-0.39, 0.29) is 0 Å². The summed E-state index contributed by atoms with van der Waals surface area (Å²) in [6.45, 7) is 4.19. The molecule has 1 aromatic rings. The first-order chi connectivity index (χ1) is 8.20. The molecule has 6 heteroatoms. The third-order valence-corrected chi connectivity index (χ3v) is 3.59. The van der Waals surface area contributed by atoms with Gasteiger partial charge >= 0.3 is 0 Å². The number of rotatable bonds is 4. The first kappa shape index (κ1) is 12.4. The molecule has 2 rings (SSSR count). The van der Waals surface area contributed by atoms with Crippen LogP contribution < -0.4 is 5.32 Å². The van der Waals surface area contributed by atoms with Crippen molar-refractivity contribution >= 4 is 0 Å². The van der Waals surface area contributed by atoms with Crippen LogP contribution >= 0.6 is 0 Å². The van der Waals surface area contributed by atoms with E-state index in [9.17, 15) is 0 Å². The normalized spacial score (nSPS) is 23.8. The lowest BCUT2D eigenvalue weighted by atomic mass is 9.96. The molecule has 0 amide bonds. The molecule has 2 atom stereocenters. The SMILES string of the molecule is CNC(C)C1CCCCN1Cc1nnn(C)n1. The number of tetrazole rings is 1. The molecule has 2 heterocycles. The van der Waals surface area contributed by atoms with Crippen LogP contribution in [0.25, 0.3) is 0 Å². The highest BCUT2D eigenvalue weighted by atomic mass is 15.6. The topological polar surface area (TPSA) is 58.9 Å². The van der Waals surface area contributed by atoms with Gasteiger partial charge in [0.1, 0.15) is 0 Å². The van der Waals surface area contributed by atoms with Gasteiger partial charge in [0.25, 0.3) is 0 Å². The number of nitrogens with one attached hydrogen (secondary N) is 1. The first-order valence-electron chi connectivity index (χ1n) is 6.35. The Hall–Kier alpha value is -1.01. The fourth-order valence-corrected chi connectivity index (χ4v) is 2.54. The van der Waals surface area contributed by atoms with Crippen LogP contribution in [0, 0.1) is 0 Å². The second-order valence-electron chi connectivity index (χ2n) is 4.81. The molecule has 0 saturated carbocycles. The van der Waals surface area contributed by atoms with E-state index in [4.69, 9.17) is 0 Å². The number of aryl methyl sites for hydroxylation is 1. The zero-order valence-electron chi connectivity index (χ0n) is 10.9. The molecule has 1 saturated heterocycles. The van der Waals surface area contributed by atoms with Gasteiger partial charge in [0.05, 0.1) is 13.6 Å². The van der Waals surface area contributed by atoms with E-state index in [1.807, 2.05) is 7.05 Å². The van der Waals surface area contributed by atoms with Crippen LogP contribution in [0.2, 0.25) is 0 Å². The van der Waals surface area contributed by atoms with Gasteiger partial charge in [-0.1, -0.05) is 6.42 Å². The van der Waals surface area contributed by atoms with E-state index in [1.54, 1.807) is 7.05 Å². The van der Waals surface area contributed by atoms with Crippen molar-refractivity contribution in [2.24, 2.45) is 7.05 Å². The zero-order chi connectivity index (χ0) is 12.3. The molecule has 0 radical (unpaired) electrons. The fraction of sp³-hybridized carbons (Fsp3) is 0.909. The van der Waals surface area contributed by atoms with E-state index in [0.29, 0.717) is 12.1 Å². The van der Waals surface area contributed by atoms with Crippen molar-refractivity contribution in [1.82, 2.24) is 30.4 Å². The van der Waals surface area contributed by atoms with Crippen molar-refractivity contribution < 1.29 is 0 Å². The molecule has 0 spiro atoms. The molecule has 1 aliphatic rings. The highest BCUT2D eigenvalue weighted by molar-refractivity contribution is 4.88. The molecular weight excluding hydrogens is 216 g/mol. The van der Waals surface area contributed by atoms with E-state index in [0.717, 1.165) is 18.9 Å². The largest absolute Gasteiger partial charge is 0.316 e. The molecule has 96 valence electrons. The summed E-state index contributed by atoms with van der Waals surface area (Å²) < 4.78 is 0. The van der Waals surface area contributed by atoms with Crippen LogP contribution in [0.5, 0.6) is 0 Å². The summed E-state index contributed by atoms with van der Waals surface area (Å²) in [6.07, 6.45) is 3.84. The summed E-state index contributed by atoms with van der Waals surface area (Å²) in [6, 6.07) is 1.09. The summed E-state index contributed by atoms with van der Waals surface area (Å²) in [7, 11) is 3.83. The Bertz CT molecular complexity index is 349. The van der Waals surface area contributed by atoms with Gasteiger partial charge in [-0.2, -0.15) is 4.80 Å². The molecule has 6 nitrogen and oxygen atoms in total. The second kappa shape index (κ2) is 5.55.